The molecule has 1 saturated heterocycles. The molecule has 22 heavy (non-hydrogen) atoms. The molecule has 1 fully saturated rings. The lowest BCUT2D eigenvalue weighted by atomic mass is 10.1. The van der Waals surface area contributed by atoms with Crippen molar-refractivity contribution in [1.29, 1.82) is 0 Å². The molecule has 1 aromatic heterocycles. The van der Waals surface area contributed by atoms with Crippen LogP contribution < -0.4 is 0 Å². The number of nitrogens with one attached hydrogen (secondary N) is 1. The highest BCUT2D eigenvalue weighted by Crippen LogP contribution is 2.27. The van der Waals surface area contributed by atoms with Gasteiger partial charge >= 0.3 is 0 Å². The zero-order valence-electron chi connectivity index (χ0n) is 13.5. The average molecular weight is 318 g/mol. The second kappa shape index (κ2) is 5.23. The molecule has 1 aromatic carbocycles. The summed E-state index contributed by atoms with van der Waals surface area (Å²) in [6.07, 6.45) is 0. The second-order valence-electron chi connectivity index (χ2n) is 6.64. The smallest absolute Gasteiger partial charge is 0.256 e. The minimum absolute atomic E-state index is 0.0247. The van der Waals surface area contributed by atoms with E-state index in [1.54, 1.807) is 0 Å². The van der Waals surface area contributed by atoms with Crippen molar-refractivity contribution in [3.63, 3.8) is 0 Å². The number of fused-ring (bicyclic) bond motifs is 1. The topological polar surface area (TPSA) is 53.2 Å². The summed E-state index contributed by atoms with van der Waals surface area (Å²) < 4.78 is 11.7. The maximum atomic E-state index is 12.9. The van der Waals surface area contributed by atoms with E-state index < -0.39 is 10.8 Å². The van der Waals surface area contributed by atoms with E-state index >= 15 is 0 Å². The van der Waals surface area contributed by atoms with Crippen molar-refractivity contribution in [1.82, 2.24) is 9.88 Å². The summed E-state index contributed by atoms with van der Waals surface area (Å²) >= 11 is 0. The molecule has 1 atom stereocenters. The first-order chi connectivity index (χ1) is 10.3. The largest absolute Gasteiger partial charge is 0.358 e. The van der Waals surface area contributed by atoms with Crippen LogP contribution in [0.1, 0.15) is 35.5 Å². The van der Waals surface area contributed by atoms with E-state index in [2.05, 4.69) is 11.9 Å². The van der Waals surface area contributed by atoms with Gasteiger partial charge in [0, 0.05) is 40.7 Å². The van der Waals surface area contributed by atoms with E-state index in [-0.39, 0.29) is 10.7 Å². The normalized spacial score (nSPS) is 21.3. The first-order valence-electron chi connectivity index (χ1n) is 7.57. The first-order valence-corrected chi connectivity index (χ1v) is 8.89. The number of aromatic amines is 1. The Morgan fingerprint density at radius 1 is 1.32 bits per heavy atom. The first kappa shape index (κ1) is 15.3. The van der Waals surface area contributed by atoms with Crippen molar-refractivity contribution in [2.45, 2.75) is 32.4 Å². The molecule has 0 saturated carbocycles. The summed E-state index contributed by atoms with van der Waals surface area (Å²) in [6, 6.07) is 5.85. The third-order valence-corrected chi connectivity index (χ3v) is 6.51. The fourth-order valence-corrected chi connectivity index (χ4v) is 4.32. The van der Waals surface area contributed by atoms with E-state index in [1.807, 2.05) is 43.9 Å². The van der Waals surface area contributed by atoms with Gasteiger partial charge in [-0.2, -0.15) is 0 Å². The van der Waals surface area contributed by atoms with E-state index in [4.69, 9.17) is 0 Å². The van der Waals surface area contributed by atoms with Gasteiger partial charge in [-0.15, -0.1) is 0 Å². The summed E-state index contributed by atoms with van der Waals surface area (Å²) in [5.74, 6) is 0.578. The van der Waals surface area contributed by atoms with Gasteiger partial charge in [-0.25, -0.2) is 0 Å². The average Bonchev–Trinajstić information content (AvgIpc) is 2.76. The number of hydrogen-bond acceptors (Lipinski definition) is 2. The fourth-order valence-electron chi connectivity index (χ4n) is 3.08. The summed E-state index contributed by atoms with van der Waals surface area (Å²) in [7, 11) is -0.873. The third-order valence-electron chi connectivity index (χ3n) is 4.60. The van der Waals surface area contributed by atoms with Gasteiger partial charge in [0.15, 0.2) is 0 Å². The lowest BCUT2D eigenvalue weighted by Crippen LogP contribution is -2.52. The minimum Gasteiger partial charge on any atom is -0.358 e. The van der Waals surface area contributed by atoms with Gasteiger partial charge in [-0.3, -0.25) is 9.00 Å². The zero-order valence-corrected chi connectivity index (χ0v) is 14.3. The molecule has 1 aliphatic heterocycles. The predicted octanol–water partition coefficient (Wildman–Crippen LogP) is 2.77. The number of carbonyl (C=O) groups excluding carboxylic acids is 1. The highest BCUT2D eigenvalue weighted by molar-refractivity contribution is 7.86. The Hall–Kier alpha value is -1.62. The van der Waals surface area contributed by atoms with Crippen molar-refractivity contribution < 1.29 is 9.00 Å². The highest BCUT2D eigenvalue weighted by Gasteiger charge is 2.35. The number of amides is 1. The van der Waals surface area contributed by atoms with Crippen LogP contribution in [0, 0.1) is 13.8 Å². The van der Waals surface area contributed by atoms with Crippen LogP contribution in [0.2, 0.25) is 0 Å². The number of nitrogens with zero attached hydrogens (tertiary/aromatic N) is 1. The predicted molar refractivity (Wildman–Crippen MR) is 90.8 cm³/mol. The monoisotopic (exact) mass is 318 g/mol. The number of para-hydroxylation sites is 1. The van der Waals surface area contributed by atoms with Gasteiger partial charge in [-0.1, -0.05) is 12.1 Å². The quantitative estimate of drug-likeness (QED) is 0.879. The van der Waals surface area contributed by atoms with Crippen LogP contribution >= 0.6 is 0 Å². The maximum Gasteiger partial charge on any atom is 0.256 e. The molecule has 3 rings (SSSR count). The molecule has 1 aliphatic rings. The molecule has 2 aromatic rings. The number of hydrogen-bond donors (Lipinski definition) is 1. The second-order valence-corrected chi connectivity index (χ2v) is 8.84. The molecule has 0 aliphatic carbocycles. The Bertz CT molecular complexity index is 776. The maximum absolute atomic E-state index is 12.9. The number of aromatic nitrogens is 1. The Labute approximate surface area is 133 Å². The molecule has 5 heteroatoms. The van der Waals surface area contributed by atoms with Crippen LogP contribution in [-0.4, -0.2) is 43.6 Å². The number of carbonyl (C=O) groups is 1. The molecule has 2 heterocycles. The molecular formula is C17H22N2O2S. The summed E-state index contributed by atoms with van der Waals surface area (Å²) in [5.41, 5.74) is 3.89. The van der Waals surface area contributed by atoms with Gasteiger partial charge in [0.1, 0.15) is 0 Å². The molecule has 1 amide bonds. The summed E-state index contributed by atoms with van der Waals surface area (Å²) in [6.45, 7) is 9.11. The van der Waals surface area contributed by atoms with Crippen molar-refractivity contribution >= 4 is 27.6 Å². The fraction of sp³-hybridized carbons (Fsp3) is 0.471. The molecule has 1 N–H and O–H groups in total. The van der Waals surface area contributed by atoms with Gasteiger partial charge in [-0.05, 0) is 39.3 Å². The van der Waals surface area contributed by atoms with Crippen LogP contribution in [0.15, 0.2) is 18.2 Å². The van der Waals surface area contributed by atoms with Crippen LogP contribution in [0.3, 0.4) is 0 Å². The van der Waals surface area contributed by atoms with Gasteiger partial charge in [0.05, 0.1) is 15.8 Å². The van der Waals surface area contributed by atoms with E-state index in [9.17, 15) is 9.00 Å². The standard InChI is InChI=1S/C17H22N2O2S/c1-11-12(2)18-15-13(11)6-5-7-14(15)16(20)19-8-9-22(21)17(3,4)10-19/h5-7,18H,8-10H2,1-4H3/t22-/m1/s1. The third kappa shape index (κ3) is 2.37. The van der Waals surface area contributed by atoms with E-state index in [0.717, 1.165) is 16.6 Å². The molecule has 0 bridgehead atoms. The zero-order chi connectivity index (χ0) is 16.1. The Balaban J connectivity index is 2.00. The number of benzene rings is 1. The number of H-pyrrole nitrogens is 1. The Kier molecular flexibility index (Phi) is 3.63. The Morgan fingerprint density at radius 3 is 2.73 bits per heavy atom. The van der Waals surface area contributed by atoms with Crippen LogP contribution in [0.5, 0.6) is 0 Å². The molecule has 0 unspecified atom stereocenters. The van der Waals surface area contributed by atoms with Crippen LogP contribution in [0.25, 0.3) is 10.9 Å². The van der Waals surface area contributed by atoms with Crippen molar-refractivity contribution in [2.75, 3.05) is 18.8 Å². The number of aryl methyl sites for hydroxylation is 2. The lowest BCUT2D eigenvalue weighted by molar-refractivity contribution is 0.0747. The van der Waals surface area contributed by atoms with E-state index in [0.29, 0.717) is 24.4 Å². The lowest BCUT2D eigenvalue weighted by Gasteiger charge is -2.37. The van der Waals surface area contributed by atoms with Gasteiger partial charge in [0.25, 0.3) is 5.91 Å². The van der Waals surface area contributed by atoms with Crippen LogP contribution in [-0.2, 0) is 10.8 Å². The summed E-state index contributed by atoms with van der Waals surface area (Å²) in [4.78, 5) is 18.1. The van der Waals surface area contributed by atoms with Crippen molar-refractivity contribution in [2.24, 2.45) is 0 Å². The van der Waals surface area contributed by atoms with Gasteiger partial charge < -0.3 is 9.88 Å². The van der Waals surface area contributed by atoms with Gasteiger partial charge in [0.2, 0.25) is 0 Å². The minimum atomic E-state index is -0.873. The molecule has 4 nitrogen and oxygen atoms in total. The number of rotatable bonds is 1. The van der Waals surface area contributed by atoms with Crippen LogP contribution in [0.4, 0.5) is 0 Å². The summed E-state index contributed by atoms with van der Waals surface area (Å²) in [5, 5.41) is 1.10. The van der Waals surface area contributed by atoms with E-state index in [1.165, 1.54) is 5.56 Å². The molecule has 118 valence electrons. The Morgan fingerprint density at radius 2 is 2.05 bits per heavy atom. The molecule has 0 radical (unpaired) electrons. The highest BCUT2D eigenvalue weighted by atomic mass is 32.2. The van der Waals surface area contributed by atoms with Crippen molar-refractivity contribution in [3.05, 3.63) is 35.0 Å². The van der Waals surface area contributed by atoms with Crippen molar-refractivity contribution in [3.8, 4) is 0 Å². The SMILES string of the molecule is Cc1[nH]c2c(C(=O)N3CC[S@@](=O)C(C)(C)C3)cccc2c1C. The molecule has 0 spiro atoms. The molecular weight excluding hydrogens is 296 g/mol.